The van der Waals surface area contributed by atoms with Crippen molar-refractivity contribution in [1.82, 2.24) is 10.3 Å². The van der Waals surface area contributed by atoms with Crippen LogP contribution in [0.5, 0.6) is 0 Å². The minimum absolute atomic E-state index is 0.241. The Hall–Kier alpha value is -2.67. The predicted molar refractivity (Wildman–Crippen MR) is 80.3 cm³/mol. The van der Waals surface area contributed by atoms with Crippen molar-refractivity contribution in [2.45, 2.75) is 12.8 Å². The number of rotatable bonds is 6. The number of nitrogens with one attached hydrogen (secondary N) is 2. The highest BCUT2D eigenvalue weighted by molar-refractivity contribution is 6.06. The monoisotopic (exact) mass is 287 g/mol. The lowest BCUT2D eigenvalue weighted by Crippen LogP contribution is -2.26. The van der Waals surface area contributed by atoms with E-state index in [2.05, 4.69) is 15.7 Å². The Balaban J connectivity index is 2.19. The molecule has 7 nitrogen and oxygen atoms in total. The molecule has 0 spiro atoms. The average Bonchev–Trinajstić information content (AvgIpc) is 2.50. The Morgan fingerprint density at radius 2 is 2.00 bits per heavy atom. The number of hydrogen-bond acceptors (Lipinski definition) is 5. The molecule has 0 aliphatic rings. The predicted octanol–water partition coefficient (Wildman–Crippen LogP) is 0.516. The van der Waals surface area contributed by atoms with E-state index in [4.69, 9.17) is 11.6 Å². The minimum Gasteiger partial charge on any atom is -0.370 e. The lowest BCUT2D eigenvalue weighted by atomic mass is 10.1. The van der Waals surface area contributed by atoms with Gasteiger partial charge in [-0.25, -0.2) is 10.8 Å². The zero-order valence-corrected chi connectivity index (χ0v) is 11.4. The first-order valence-electron chi connectivity index (χ1n) is 6.54. The number of hydrogen-bond donors (Lipinski definition) is 4. The molecule has 7 heteroatoms. The molecule has 0 atom stereocenters. The number of nitrogen functional groups attached to an aromatic ring is 1. The maximum absolute atomic E-state index is 12.2. The van der Waals surface area contributed by atoms with Crippen LogP contribution in [0.15, 0.2) is 30.3 Å². The van der Waals surface area contributed by atoms with E-state index in [-0.39, 0.29) is 18.2 Å². The van der Waals surface area contributed by atoms with Gasteiger partial charge in [-0.1, -0.05) is 18.2 Å². The van der Waals surface area contributed by atoms with Crippen LogP contribution in [0.1, 0.15) is 23.2 Å². The molecule has 0 saturated carbocycles. The highest BCUT2D eigenvalue weighted by Crippen LogP contribution is 2.20. The van der Waals surface area contributed by atoms with Crippen LogP contribution in [0.2, 0.25) is 0 Å². The lowest BCUT2D eigenvalue weighted by molar-refractivity contribution is -0.118. The minimum atomic E-state index is -0.381. The molecule has 21 heavy (non-hydrogen) atoms. The molecule has 0 aliphatic heterocycles. The molecular weight excluding hydrogens is 270 g/mol. The number of para-hydroxylation sites is 1. The highest BCUT2D eigenvalue weighted by Gasteiger charge is 2.12. The van der Waals surface area contributed by atoms with E-state index < -0.39 is 0 Å². The zero-order valence-electron chi connectivity index (χ0n) is 11.4. The summed E-state index contributed by atoms with van der Waals surface area (Å²) in [6.45, 7) is 0.379. The Morgan fingerprint density at radius 3 is 2.71 bits per heavy atom. The molecule has 0 unspecified atom stereocenters. The van der Waals surface area contributed by atoms with Gasteiger partial charge in [0, 0.05) is 18.4 Å². The van der Waals surface area contributed by atoms with Crippen LogP contribution in [0.25, 0.3) is 10.9 Å². The molecule has 1 aromatic heterocycles. The normalized spacial score (nSPS) is 10.3. The summed E-state index contributed by atoms with van der Waals surface area (Å²) in [5, 5.41) is 3.49. The van der Waals surface area contributed by atoms with Crippen LogP contribution >= 0.6 is 0 Å². The third kappa shape index (κ3) is 3.67. The first kappa shape index (κ1) is 14.7. The number of fused-ring (bicyclic) bond motifs is 1. The second-order valence-electron chi connectivity index (χ2n) is 4.54. The van der Waals surface area contributed by atoms with Crippen molar-refractivity contribution in [1.29, 1.82) is 0 Å². The number of hydrazine groups is 1. The number of pyridine rings is 1. The van der Waals surface area contributed by atoms with Gasteiger partial charge in [-0.15, -0.1) is 0 Å². The van der Waals surface area contributed by atoms with E-state index in [1.165, 1.54) is 0 Å². The third-order valence-corrected chi connectivity index (χ3v) is 2.99. The van der Waals surface area contributed by atoms with Crippen molar-refractivity contribution in [3.05, 3.63) is 35.9 Å². The summed E-state index contributed by atoms with van der Waals surface area (Å²) < 4.78 is 0. The molecular formula is C14H17N5O2. The van der Waals surface area contributed by atoms with Gasteiger partial charge in [0.1, 0.15) is 5.82 Å². The molecule has 110 valence electrons. The van der Waals surface area contributed by atoms with Crippen molar-refractivity contribution in [2.75, 3.05) is 12.0 Å². The summed E-state index contributed by atoms with van der Waals surface area (Å²) in [5.74, 6) is 5.16. The van der Waals surface area contributed by atoms with E-state index in [0.29, 0.717) is 29.9 Å². The maximum Gasteiger partial charge on any atom is 0.252 e. The summed E-state index contributed by atoms with van der Waals surface area (Å²) >= 11 is 0. The van der Waals surface area contributed by atoms with E-state index in [0.717, 1.165) is 5.39 Å². The summed E-state index contributed by atoms with van der Waals surface area (Å²) in [6.07, 6.45) is 0.749. The number of carbonyl (C=O) groups is 2. The Kier molecular flexibility index (Phi) is 4.68. The highest BCUT2D eigenvalue weighted by atomic mass is 16.2. The van der Waals surface area contributed by atoms with E-state index >= 15 is 0 Å². The molecule has 0 bridgehead atoms. The van der Waals surface area contributed by atoms with Gasteiger partial charge >= 0.3 is 0 Å². The van der Waals surface area contributed by atoms with Crippen LogP contribution in [-0.2, 0) is 4.79 Å². The molecule has 2 rings (SSSR count). The van der Waals surface area contributed by atoms with Crippen LogP contribution < -0.4 is 22.3 Å². The SMILES string of the molecule is NNc1cc(C(=O)NCCCC(N)=O)c2ccccc2n1. The molecule has 6 N–H and O–H groups in total. The van der Waals surface area contributed by atoms with Gasteiger partial charge in [-0.3, -0.25) is 9.59 Å². The summed E-state index contributed by atoms with van der Waals surface area (Å²) in [6, 6.07) is 8.89. The Labute approximate surface area is 121 Å². The number of nitrogens with two attached hydrogens (primary N) is 2. The summed E-state index contributed by atoms with van der Waals surface area (Å²) in [4.78, 5) is 27.2. The molecule has 0 aliphatic carbocycles. The van der Waals surface area contributed by atoms with Crippen LogP contribution in [0.4, 0.5) is 5.82 Å². The van der Waals surface area contributed by atoms with Gasteiger partial charge in [0.25, 0.3) is 5.91 Å². The lowest BCUT2D eigenvalue weighted by Gasteiger charge is -2.09. The van der Waals surface area contributed by atoms with Crippen LogP contribution in [-0.4, -0.2) is 23.3 Å². The number of anilines is 1. The zero-order chi connectivity index (χ0) is 15.2. The molecule has 1 heterocycles. The van der Waals surface area contributed by atoms with Crippen molar-refractivity contribution in [3.8, 4) is 0 Å². The van der Waals surface area contributed by atoms with Gasteiger partial charge in [0.15, 0.2) is 0 Å². The maximum atomic E-state index is 12.2. The second kappa shape index (κ2) is 6.67. The fourth-order valence-corrected chi connectivity index (χ4v) is 2.00. The van der Waals surface area contributed by atoms with E-state index in [9.17, 15) is 9.59 Å². The van der Waals surface area contributed by atoms with Crippen molar-refractivity contribution in [2.24, 2.45) is 11.6 Å². The molecule has 1 aromatic carbocycles. The van der Waals surface area contributed by atoms with Gasteiger partial charge < -0.3 is 16.5 Å². The van der Waals surface area contributed by atoms with Crippen molar-refractivity contribution >= 4 is 28.5 Å². The number of nitrogens with zero attached hydrogens (tertiary/aromatic N) is 1. The standard InChI is InChI=1S/C14H17N5O2/c15-12(20)6-3-7-17-14(21)10-8-13(19-16)18-11-5-2-1-4-9(10)11/h1-2,4-5,8H,3,6-7,16H2,(H2,15,20)(H,17,21)(H,18,19). The number of aromatic nitrogens is 1. The van der Waals surface area contributed by atoms with Gasteiger partial charge in [0.05, 0.1) is 11.1 Å². The molecule has 0 saturated heterocycles. The van der Waals surface area contributed by atoms with Gasteiger partial charge in [-0.2, -0.15) is 0 Å². The van der Waals surface area contributed by atoms with Gasteiger partial charge in [-0.05, 0) is 18.6 Å². The van der Waals surface area contributed by atoms with Crippen molar-refractivity contribution in [3.63, 3.8) is 0 Å². The number of amides is 2. The summed E-state index contributed by atoms with van der Waals surface area (Å²) in [7, 11) is 0. The molecule has 2 aromatic rings. The smallest absolute Gasteiger partial charge is 0.252 e. The second-order valence-corrected chi connectivity index (χ2v) is 4.54. The average molecular weight is 287 g/mol. The molecule has 0 fully saturated rings. The Bertz CT molecular complexity index is 671. The largest absolute Gasteiger partial charge is 0.370 e. The number of carbonyl (C=O) groups excluding carboxylic acids is 2. The molecule has 0 radical (unpaired) electrons. The topological polar surface area (TPSA) is 123 Å². The third-order valence-electron chi connectivity index (χ3n) is 2.99. The fraction of sp³-hybridized carbons (Fsp3) is 0.214. The van der Waals surface area contributed by atoms with E-state index in [1.54, 1.807) is 12.1 Å². The first-order valence-corrected chi connectivity index (χ1v) is 6.54. The van der Waals surface area contributed by atoms with Gasteiger partial charge in [0.2, 0.25) is 5.91 Å². The number of benzene rings is 1. The fourth-order valence-electron chi connectivity index (χ4n) is 2.00. The molecule has 2 amide bonds. The quantitative estimate of drug-likeness (QED) is 0.350. The first-order chi connectivity index (χ1) is 10.1. The summed E-state index contributed by atoms with van der Waals surface area (Å²) in [5.41, 5.74) is 8.65. The van der Waals surface area contributed by atoms with Crippen molar-refractivity contribution < 1.29 is 9.59 Å². The van der Waals surface area contributed by atoms with E-state index in [1.807, 2.05) is 18.2 Å². The van der Waals surface area contributed by atoms with Crippen LogP contribution in [0.3, 0.4) is 0 Å². The number of primary amides is 1. The van der Waals surface area contributed by atoms with Crippen LogP contribution in [0, 0.1) is 0 Å². The Morgan fingerprint density at radius 1 is 1.24 bits per heavy atom.